The SMILES string of the molecule is CSc1nc(Br)c2c(n1)CNCC2. The molecular formula is C8H10BrN3S. The molecule has 1 aliphatic rings. The first-order chi connectivity index (χ1) is 6.31. The number of fused-ring (bicyclic) bond motifs is 1. The van der Waals surface area contributed by atoms with Crippen LogP contribution in [0.25, 0.3) is 0 Å². The molecule has 1 N–H and O–H groups in total. The summed E-state index contributed by atoms with van der Waals surface area (Å²) in [4.78, 5) is 8.80. The van der Waals surface area contributed by atoms with E-state index in [9.17, 15) is 0 Å². The molecule has 1 aromatic rings. The minimum Gasteiger partial charge on any atom is -0.311 e. The van der Waals surface area contributed by atoms with Gasteiger partial charge in [-0.15, -0.1) is 0 Å². The molecule has 70 valence electrons. The molecule has 1 aliphatic heterocycles. The fourth-order valence-electron chi connectivity index (χ4n) is 1.38. The van der Waals surface area contributed by atoms with Gasteiger partial charge in [-0.25, -0.2) is 9.97 Å². The van der Waals surface area contributed by atoms with E-state index >= 15 is 0 Å². The van der Waals surface area contributed by atoms with E-state index < -0.39 is 0 Å². The summed E-state index contributed by atoms with van der Waals surface area (Å²) in [5.74, 6) is 0. The van der Waals surface area contributed by atoms with Crippen LogP contribution in [-0.2, 0) is 13.0 Å². The molecule has 0 unspecified atom stereocenters. The molecule has 0 aliphatic carbocycles. The number of nitrogens with one attached hydrogen (secondary N) is 1. The molecule has 0 saturated heterocycles. The lowest BCUT2D eigenvalue weighted by atomic mass is 10.1. The number of rotatable bonds is 1. The van der Waals surface area contributed by atoms with E-state index in [1.165, 1.54) is 5.56 Å². The van der Waals surface area contributed by atoms with Crippen LogP contribution >= 0.6 is 27.7 Å². The van der Waals surface area contributed by atoms with Gasteiger partial charge < -0.3 is 5.32 Å². The van der Waals surface area contributed by atoms with Crippen LogP contribution in [0.4, 0.5) is 0 Å². The lowest BCUT2D eigenvalue weighted by Gasteiger charge is -2.17. The Morgan fingerprint density at radius 2 is 2.31 bits per heavy atom. The van der Waals surface area contributed by atoms with Crippen LogP contribution in [0.2, 0.25) is 0 Å². The zero-order valence-electron chi connectivity index (χ0n) is 7.30. The maximum absolute atomic E-state index is 4.45. The Hall–Kier alpha value is -0.130. The van der Waals surface area contributed by atoms with Crippen LogP contribution < -0.4 is 5.32 Å². The van der Waals surface area contributed by atoms with Crippen molar-refractivity contribution in [1.82, 2.24) is 15.3 Å². The first kappa shape index (κ1) is 9.43. The van der Waals surface area contributed by atoms with E-state index in [2.05, 4.69) is 31.2 Å². The van der Waals surface area contributed by atoms with Gasteiger partial charge in [0, 0.05) is 12.1 Å². The molecule has 0 bridgehead atoms. The Morgan fingerprint density at radius 3 is 3.08 bits per heavy atom. The summed E-state index contributed by atoms with van der Waals surface area (Å²) in [6, 6.07) is 0. The van der Waals surface area contributed by atoms with Crippen molar-refractivity contribution < 1.29 is 0 Å². The van der Waals surface area contributed by atoms with Gasteiger partial charge in [0.15, 0.2) is 5.16 Å². The van der Waals surface area contributed by atoms with Crippen molar-refractivity contribution in [3.63, 3.8) is 0 Å². The number of hydrogen-bond acceptors (Lipinski definition) is 4. The number of nitrogens with zero attached hydrogens (tertiary/aromatic N) is 2. The summed E-state index contributed by atoms with van der Waals surface area (Å²) in [7, 11) is 0. The molecule has 2 rings (SSSR count). The zero-order valence-corrected chi connectivity index (χ0v) is 9.70. The van der Waals surface area contributed by atoms with Crippen molar-refractivity contribution in [3.8, 4) is 0 Å². The van der Waals surface area contributed by atoms with Gasteiger partial charge in [0.05, 0.1) is 5.69 Å². The van der Waals surface area contributed by atoms with E-state index in [0.29, 0.717) is 0 Å². The van der Waals surface area contributed by atoms with Gasteiger partial charge in [0.25, 0.3) is 0 Å². The molecular weight excluding hydrogens is 250 g/mol. The highest BCUT2D eigenvalue weighted by atomic mass is 79.9. The second kappa shape index (κ2) is 3.94. The summed E-state index contributed by atoms with van der Waals surface area (Å²) >= 11 is 5.06. The zero-order chi connectivity index (χ0) is 9.26. The third-order valence-electron chi connectivity index (χ3n) is 2.05. The molecule has 0 atom stereocenters. The van der Waals surface area contributed by atoms with Gasteiger partial charge in [0.1, 0.15) is 4.60 Å². The van der Waals surface area contributed by atoms with Crippen LogP contribution in [0.1, 0.15) is 11.3 Å². The normalized spacial score (nSPS) is 15.5. The van der Waals surface area contributed by atoms with Gasteiger partial charge in [-0.3, -0.25) is 0 Å². The average Bonchev–Trinajstić information content (AvgIpc) is 2.18. The molecule has 0 amide bonds. The van der Waals surface area contributed by atoms with Crippen LogP contribution in [0.15, 0.2) is 9.76 Å². The molecule has 13 heavy (non-hydrogen) atoms. The maximum Gasteiger partial charge on any atom is 0.188 e. The summed E-state index contributed by atoms with van der Waals surface area (Å²) in [5.41, 5.74) is 2.40. The number of hydrogen-bond donors (Lipinski definition) is 1. The van der Waals surface area contributed by atoms with Gasteiger partial charge in [-0.05, 0) is 35.2 Å². The monoisotopic (exact) mass is 259 g/mol. The van der Waals surface area contributed by atoms with Gasteiger partial charge >= 0.3 is 0 Å². The van der Waals surface area contributed by atoms with E-state index in [1.54, 1.807) is 11.8 Å². The molecule has 1 aromatic heterocycles. The average molecular weight is 260 g/mol. The largest absolute Gasteiger partial charge is 0.311 e. The molecule has 0 aromatic carbocycles. The second-order valence-corrected chi connectivity index (χ2v) is 4.38. The topological polar surface area (TPSA) is 37.8 Å². The minimum absolute atomic E-state index is 0.842. The highest BCUT2D eigenvalue weighted by Gasteiger charge is 2.15. The quantitative estimate of drug-likeness (QED) is 0.473. The molecule has 3 nitrogen and oxygen atoms in total. The van der Waals surface area contributed by atoms with Crippen LogP contribution in [0, 0.1) is 0 Å². The van der Waals surface area contributed by atoms with Crippen LogP contribution in [-0.4, -0.2) is 22.8 Å². The van der Waals surface area contributed by atoms with Crippen LogP contribution in [0.3, 0.4) is 0 Å². The summed E-state index contributed by atoms with van der Waals surface area (Å²) in [6.07, 6.45) is 3.01. The Bertz CT molecular complexity index is 329. The minimum atomic E-state index is 0.842. The standard InChI is InChI=1S/C8H10BrN3S/c1-13-8-11-6-4-10-3-2-5(6)7(9)12-8/h10H,2-4H2,1H3. The molecule has 0 spiro atoms. The van der Waals surface area contributed by atoms with Crippen molar-refractivity contribution in [2.24, 2.45) is 0 Å². The van der Waals surface area contributed by atoms with E-state index in [4.69, 9.17) is 0 Å². The maximum atomic E-state index is 4.45. The first-order valence-electron chi connectivity index (χ1n) is 4.11. The van der Waals surface area contributed by atoms with Gasteiger partial charge in [-0.2, -0.15) is 0 Å². The van der Waals surface area contributed by atoms with E-state index in [0.717, 1.165) is 35.0 Å². The predicted molar refractivity (Wildman–Crippen MR) is 56.9 cm³/mol. The highest BCUT2D eigenvalue weighted by Crippen LogP contribution is 2.23. The number of thioether (sulfide) groups is 1. The van der Waals surface area contributed by atoms with Gasteiger partial charge in [-0.1, -0.05) is 11.8 Å². The fourth-order valence-corrected chi connectivity index (χ4v) is 2.48. The van der Waals surface area contributed by atoms with Gasteiger partial charge in [0.2, 0.25) is 0 Å². The smallest absolute Gasteiger partial charge is 0.188 e. The number of halogens is 1. The van der Waals surface area contributed by atoms with Crippen molar-refractivity contribution in [2.75, 3.05) is 12.8 Å². The number of aromatic nitrogens is 2. The van der Waals surface area contributed by atoms with Crippen LogP contribution in [0.5, 0.6) is 0 Å². The lowest BCUT2D eigenvalue weighted by Crippen LogP contribution is -2.25. The Labute approximate surface area is 89.9 Å². The summed E-state index contributed by atoms with van der Waals surface area (Å²) in [5, 5.41) is 4.14. The van der Waals surface area contributed by atoms with E-state index in [-0.39, 0.29) is 0 Å². The molecule has 2 heterocycles. The van der Waals surface area contributed by atoms with Crippen molar-refractivity contribution in [2.45, 2.75) is 18.1 Å². The Kier molecular flexibility index (Phi) is 2.86. The Balaban J connectivity index is 2.47. The molecule has 5 heteroatoms. The van der Waals surface area contributed by atoms with Crippen molar-refractivity contribution >= 4 is 27.7 Å². The van der Waals surface area contributed by atoms with E-state index in [1.807, 2.05) is 6.26 Å². The third-order valence-corrected chi connectivity index (χ3v) is 3.25. The first-order valence-corrected chi connectivity index (χ1v) is 6.13. The summed E-state index contributed by atoms with van der Waals surface area (Å²) < 4.78 is 0.961. The predicted octanol–water partition coefficient (Wildman–Crippen LogP) is 1.61. The van der Waals surface area contributed by atoms with Crippen molar-refractivity contribution in [1.29, 1.82) is 0 Å². The lowest BCUT2D eigenvalue weighted by molar-refractivity contribution is 0.609. The third kappa shape index (κ3) is 1.87. The second-order valence-electron chi connectivity index (χ2n) is 2.85. The molecule has 0 radical (unpaired) electrons. The molecule has 0 saturated carbocycles. The molecule has 0 fully saturated rings. The fraction of sp³-hybridized carbons (Fsp3) is 0.500. The highest BCUT2D eigenvalue weighted by molar-refractivity contribution is 9.10. The Morgan fingerprint density at radius 1 is 1.46 bits per heavy atom. The van der Waals surface area contributed by atoms with Crippen molar-refractivity contribution in [3.05, 3.63) is 15.9 Å². The summed E-state index contributed by atoms with van der Waals surface area (Å²) in [6.45, 7) is 1.89.